The number of halogens is 1. The van der Waals surface area contributed by atoms with Crippen molar-refractivity contribution in [2.75, 3.05) is 0 Å². The fourth-order valence-corrected chi connectivity index (χ4v) is 1.58. The fraction of sp³-hybridized carbons (Fsp3) is 0.333. The number of hydrogen-bond acceptors (Lipinski definition) is 4. The molecule has 1 rings (SSSR count). The Morgan fingerprint density at radius 3 is 2.43 bits per heavy atom. The number of rotatable bonds is 2. The second kappa shape index (κ2) is 4.16. The van der Waals surface area contributed by atoms with Gasteiger partial charge in [0.05, 0.1) is 6.10 Å². The molecule has 0 heterocycles. The topological polar surface area (TPSA) is 86.7 Å². The van der Waals surface area contributed by atoms with Crippen LogP contribution in [0.4, 0.5) is 0 Å². The van der Waals surface area contributed by atoms with Crippen LogP contribution in [-0.2, 0) is 0 Å². The largest absolute Gasteiger partial charge is 0.504 e. The zero-order valence-electron chi connectivity index (χ0n) is 7.61. The first-order valence-corrected chi connectivity index (χ1v) is 4.87. The van der Waals surface area contributed by atoms with Crippen LogP contribution in [0.3, 0.4) is 0 Å². The molecule has 0 amide bonds. The van der Waals surface area contributed by atoms with E-state index >= 15 is 0 Å². The molecule has 0 aliphatic rings. The summed E-state index contributed by atoms with van der Waals surface area (Å²) < 4.78 is 0.572. The summed E-state index contributed by atoms with van der Waals surface area (Å²) in [4.78, 5) is 0. The molecule has 5 heteroatoms. The Labute approximate surface area is 90.1 Å². The van der Waals surface area contributed by atoms with Gasteiger partial charge in [-0.1, -0.05) is 15.9 Å². The Hall–Kier alpha value is -0.780. The third-order valence-corrected chi connectivity index (χ3v) is 2.36. The Morgan fingerprint density at radius 2 is 1.93 bits per heavy atom. The maximum atomic E-state index is 9.61. The van der Waals surface area contributed by atoms with Crippen LogP contribution in [0.15, 0.2) is 16.6 Å². The average Bonchev–Trinajstić information content (AvgIpc) is 2.09. The number of nitrogens with two attached hydrogens (primary N) is 1. The van der Waals surface area contributed by atoms with Crippen LogP contribution in [0.1, 0.15) is 18.6 Å². The summed E-state index contributed by atoms with van der Waals surface area (Å²) in [5.41, 5.74) is 5.69. The summed E-state index contributed by atoms with van der Waals surface area (Å²) in [5, 5.41) is 28.3. The third-order valence-electron chi connectivity index (χ3n) is 1.90. The number of phenols is 2. The van der Waals surface area contributed by atoms with Crippen molar-refractivity contribution in [2.45, 2.75) is 19.1 Å². The van der Waals surface area contributed by atoms with Gasteiger partial charge in [-0.3, -0.25) is 0 Å². The second-order valence-corrected chi connectivity index (χ2v) is 4.08. The van der Waals surface area contributed by atoms with Gasteiger partial charge in [0.25, 0.3) is 0 Å². The summed E-state index contributed by atoms with van der Waals surface area (Å²) in [7, 11) is 0. The van der Waals surface area contributed by atoms with Gasteiger partial charge >= 0.3 is 0 Å². The van der Waals surface area contributed by atoms with Crippen molar-refractivity contribution in [3.63, 3.8) is 0 Å². The van der Waals surface area contributed by atoms with E-state index in [4.69, 9.17) is 5.73 Å². The van der Waals surface area contributed by atoms with E-state index < -0.39 is 12.1 Å². The first-order chi connectivity index (χ1) is 6.43. The number of phenolic OH excluding ortho intramolecular Hbond substituents is 2. The molecule has 4 nitrogen and oxygen atoms in total. The molecule has 0 saturated carbocycles. The second-order valence-electron chi connectivity index (χ2n) is 3.17. The van der Waals surface area contributed by atoms with Gasteiger partial charge in [0.15, 0.2) is 11.5 Å². The molecular weight excluding hydrogens is 250 g/mol. The number of aromatic hydroxyl groups is 2. The van der Waals surface area contributed by atoms with Crippen molar-refractivity contribution >= 4 is 15.9 Å². The lowest BCUT2D eigenvalue weighted by atomic mass is 10.0. The number of benzene rings is 1. The van der Waals surface area contributed by atoms with Crippen LogP contribution >= 0.6 is 15.9 Å². The van der Waals surface area contributed by atoms with E-state index in [2.05, 4.69) is 15.9 Å². The molecule has 0 bridgehead atoms. The Bertz CT molecular complexity index is 341. The smallest absolute Gasteiger partial charge is 0.163 e. The van der Waals surface area contributed by atoms with Crippen molar-refractivity contribution in [1.82, 2.24) is 0 Å². The minimum Gasteiger partial charge on any atom is -0.504 e. The van der Waals surface area contributed by atoms with E-state index in [1.807, 2.05) is 0 Å². The van der Waals surface area contributed by atoms with Gasteiger partial charge in [-0.25, -0.2) is 0 Å². The maximum Gasteiger partial charge on any atom is 0.163 e. The van der Waals surface area contributed by atoms with E-state index in [1.165, 1.54) is 12.1 Å². The van der Waals surface area contributed by atoms with Gasteiger partial charge in [0.2, 0.25) is 0 Å². The first-order valence-electron chi connectivity index (χ1n) is 4.08. The van der Waals surface area contributed by atoms with Crippen LogP contribution in [0.2, 0.25) is 0 Å². The minimum atomic E-state index is -1.00. The van der Waals surface area contributed by atoms with Gasteiger partial charge in [-0.05, 0) is 19.1 Å². The predicted molar refractivity (Wildman–Crippen MR) is 56.1 cm³/mol. The molecular formula is C9H12BrNO3. The van der Waals surface area contributed by atoms with Crippen LogP contribution in [0.5, 0.6) is 11.5 Å². The molecule has 0 aliphatic heterocycles. The lowest BCUT2D eigenvalue weighted by Crippen LogP contribution is -2.24. The fourth-order valence-electron chi connectivity index (χ4n) is 1.11. The molecule has 1 aromatic rings. The van der Waals surface area contributed by atoms with Crippen LogP contribution < -0.4 is 5.73 Å². The van der Waals surface area contributed by atoms with Gasteiger partial charge in [0.1, 0.15) is 0 Å². The standard InChI is InChI=1S/C9H12BrNO3/c1-4(11)8(13)6-2-5(10)3-7(12)9(6)14/h2-4,8,12-14H,11H2,1H3. The Balaban J connectivity index is 3.20. The molecule has 0 saturated heterocycles. The molecule has 0 aromatic heterocycles. The summed E-state index contributed by atoms with van der Waals surface area (Å²) in [5.74, 6) is -0.618. The van der Waals surface area contributed by atoms with Crippen molar-refractivity contribution in [2.24, 2.45) is 5.73 Å². The number of aliphatic hydroxyl groups excluding tert-OH is 1. The highest BCUT2D eigenvalue weighted by Gasteiger charge is 2.19. The van der Waals surface area contributed by atoms with E-state index in [0.717, 1.165) is 0 Å². The molecule has 78 valence electrons. The summed E-state index contributed by atoms with van der Waals surface area (Å²) in [6, 6.07) is 2.34. The normalized spacial score (nSPS) is 15.1. The Morgan fingerprint density at radius 1 is 1.36 bits per heavy atom. The molecule has 5 N–H and O–H groups in total. The lowest BCUT2D eigenvalue weighted by Gasteiger charge is -2.16. The SMILES string of the molecule is CC(N)C(O)c1cc(Br)cc(O)c1O. The zero-order valence-corrected chi connectivity index (χ0v) is 9.19. The Kier molecular flexibility index (Phi) is 3.36. The highest BCUT2D eigenvalue weighted by molar-refractivity contribution is 9.10. The molecule has 14 heavy (non-hydrogen) atoms. The molecule has 2 atom stereocenters. The highest BCUT2D eigenvalue weighted by Crippen LogP contribution is 2.36. The molecule has 0 fully saturated rings. The molecule has 0 spiro atoms. The van der Waals surface area contributed by atoms with Crippen molar-refractivity contribution in [1.29, 1.82) is 0 Å². The summed E-state index contributed by atoms with van der Waals surface area (Å²) in [6.45, 7) is 1.61. The highest BCUT2D eigenvalue weighted by atomic mass is 79.9. The molecule has 0 aliphatic carbocycles. The van der Waals surface area contributed by atoms with Gasteiger partial charge in [0, 0.05) is 16.1 Å². The molecule has 1 aromatic carbocycles. The van der Waals surface area contributed by atoms with Crippen molar-refractivity contribution < 1.29 is 15.3 Å². The van der Waals surface area contributed by atoms with Crippen LogP contribution in [-0.4, -0.2) is 21.4 Å². The summed E-state index contributed by atoms with van der Waals surface area (Å²) in [6.07, 6.45) is -1.00. The number of hydrogen-bond donors (Lipinski definition) is 4. The molecule has 0 radical (unpaired) electrons. The quantitative estimate of drug-likeness (QED) is 0.604. The first kappa shape index (κ1) is 11.3. The van der Waals surface area contributed by atoms with Crippen LogP contribution in [0.25, 0.3) is 0 Å². The van der Waals surface area contributed by atoms with Gasteiger partial charge < -0.3 is 21.1 Å². The van der Waals surface area contributed by atoms with E-state index in [-0.39, 0.29) is 17.1 Å². The predicted octanol–water partition coefficient (Wildman–Crippen LogP) is 1.24. The maximum absolute atomic E-state index is 9.61. The van der Waals surface area contributed by atoms with Gasteiger partial charge in [-0.15, -0.1) is 0 Å². The average molecular weight is 262 g/mol. The lowest BCUT2D eigenvalue weighted by molar-refractivity contribution is 0.149. The van der Waals surface area contributed by atoms with E-state index in [1.54, 1.807) is 6.92 Å². The molecule has 2 unspecified atom stereocenters. The van der Waals surface area contributed by atoms with Crippen molar-refractivity contribution in [3.8, 4) is 11.5 Å². The monoisotopic (exact) mass is 261 g/mol. The third kappa shape index (κ3) is 2.17. The summed E-state index contributed by atoms with van der Waals surface area (Å²) >= 11 is 3.14. The van der Waals surface area contributed by atoms with Gasteiger partial charge in [-0.2, -0.15) is 0 Å². The van der Waals surface area contributed by atoms with E-state index in [9.17, 15) is 15.3 Å². The van der Waals surface area contributed by atoms with Crippen LogP contribution in [0, 0.1) is 0 Å². The number of aliphatic hydroxyl groups is 1. The van der Waals surface area contributed by atoms with Crippen molar-refractivity contribution in [3.05, 3.63) is 22.2 Å². The zero-order chi connectivity index (χ0) is 10.9. The minimum absolute atomic E-state index is 0.215. The van der Waals surface area contributed by atoms with E-state index in [0.29, 0.717) is 4.47 Å².